The van der Waals surface area contributed by atoms with Gasteiger partial charge in [-0.1, -0.05) is 36.4 Å². The van der Waals surface area contributed by atoms with Gasteiger partial charge in [-0.05, 0) is 48.1 Å². The van der Waals surface area contributed by atoms with Crippen LogP contribution >= 0.6 is 11.8 Å². The number of carbonyl (C=O) groups is 2. The Morgan fingerprint density at radius 1 is 1.19 bits per heavy atom. The molecular formula is C24H29N3O4S. The standard InChI is InChI=1S/C24H29N3O4S/c1-32-12-2-11-27-20(13-19(24(27)30)14-22(28)29)15-31-21-9-7-17(8-10-21)16-3-5-18(6-4-16)23(25)26/h3-10,19-20H,2,11-15H2,1H3,(H3,25,26)(H,28,29). The van der Waals surface area contributed by atoms with Crippen molar-refractivity contribution >= 4 is 29.5 Å². The van der Waals surface area contributed by atoms with E-state index in [0.717, 1.165) is 23.3 Å². The molecule has 170 valence electrons. The van der Waals surface area contributed by atoms with E-state index >= 15 is 0 Å². The number of thioether (sulfide) groups is 1. The van der Waals surface area contributed by atoms with Crippen LogP contribution in [-0.4, -0.2) is 58.9 Å². The summed E-state index contributed by atoms with van der Waals surface area (Å²) in [7, 11) is 0. The zero-order valence-electron chi connectivity index (χ0n) is 18.1. The molecule has 1 aliphatic rings. The number of hydrogen-bond donors (Lipinski definition) is 3. The van der Waals surface area contributed by atoms with E-state index in [-0.39, 0.29) is 24.2 Å². The number of nitrogen functional groups attached to an aromatic ring is 1. The number of benzene rings is 2. The van der Waals surface area contributed by atoms with Crippen LogP contribution in [0.25, 0.3) is 11.1 Å². The van der Waals surface area contributed by atoms with Crippen LogP contribution < -0.4 is 10.5 Å². The molecule has 2 unspecified atom stereocenters. The Morgan fingerprint density at radius 2 is 1.81 bits per heavy atom. The molecule has 0 saturated carbocycles. The minimum absolute atomic E-state index is 0.0405. The van der Waals surface area contributed by atoms with E-state index in [9.17, 15) is 9.59 Å². The van der Waals surface area contributed by atoms with Crippen molar-refractivity contribution in [3.8, 4) is 16.9 Å². The van der Waals surface area contributed by atoms with Crippen LogP contribution in [0.15, 0.2) is 48.5 Å². The van der Waals surface area contributed by atoms with E-state index in [1.165, 1.54) is 0 Å². The number of nitrogens with zero attached hydrogens (tertiary/aromatic N) is 1. The number of carbonyl (C=O) groups excluding carboxylic acids is 1. The van der Waals surface area contributed by atoms with Crippen molar-refractivity contribution < 1.29 is 19.4 Å². The summed E-state index contributed by atoms with van der Waals surface area (Å²) in [4.78, 5) is 25.6. The summed E-state index contributed by atoms with van der Waals surface area (Å²) >= 11 is 1.73. The highest BCUT2D eigenvalue weighted by atomic mass is 32.2. The quantitative estimate of drug-likeness (QED) is 0.271. The molecule has 4 N–H and O–H groups in total. The Morgan fingerprint density at radius 3 is 2.38 bits per heavy atom. The Labute approximate surface area is 192 Å². The fourth-order valence-electron chi connectivity index (χ4n) is 3.96. The highest BCUT2D eigenvalue weighted by molar-refractivity contribution is 7.98. The van der Waals surface area contributed by atoms with Crippen molar-refractivity contribution in [3.63, 3.8) is 0 Å². The average molecular weight is 456 g/mol. The summed E-state index contributed by atoms with van der Waals surface area (Å²) in [5, 5.41) is 16.6. The Hall–Kier alpha value is -3.00. The SMILES string of the molecule is CSCCCN1C(=O)C(CC(=O)O)CC1COc1ccc(-c2ccc(C(=N)N)cc2)cc1. The maximum atomic E-state index is 12.7. The number of ether oxygens (including phenoxy) is 1. The Kier molecular flexibility index (Phi) is 8.16. The predicted octanol–water partition coefficient (Wildman–Crippen LogP) is 3.46. The molecule has 7 nitrogen and oxygen atoms in total. The van der Waals surface area contributed by atoms with Gasteiger partial charge in [0.25, 0.3) is 0 Å². The number of likely N-dealkylation sites (tertiary alicyclic amines) is 1. The molecule has 1 heterocycles. The second kappa shape index (κ2) is 11.0. The number of rotatable bonds is 11. The largest absolute Gasteiger partial charge is 0.491 e. The smallest absolute Gasteiger partial charge is 0.304 e. The minimum Gasteiger partial charge on any atom is -0.491 e. The molecule has 3 rings (SSSR count). The molecule has 0 radical (unpaired) electrons. The predicted molar refractivity (Wildman–Crippen MR) is 127 cm³/mol. The number of aliphatic carboxylic acids is 1. The Balaban J connectivity index is 1.62. The third-order valence-electron chi connectivity index (χ3n) is 5.62. The van der Waals surface area contributed by atoms with Crippen molar-refractivity contribution in [1.82, 2.24) is 4.90 Å². The summed E-state index contributed by atoms with van der Waals surface area (Å²) < 4.78 is 5.98. The highest BCUT2D eigenvalue weighted by Gasteiger charge is 2.40. The number of amidine groups is 1. The van der Waals surface area contributed by atoms with Gasteiger partial charge >= 0.3 is 5.97 Å². The van der Waals surface area contributed by atoms with Gasteiger partial charge in [-0.2, -0.15) is 11.8 Å². The average Bonchev–Trinajstić information content (AvgIpc) is 3.07. The molecule has 0 aromatic heterocycles. The van der Waals surface area contributed by atoms with E-state index < -0.39 is 11.9 Å². The van der Waals surface area contributed by atoms with Crippen LogP contribution in [0, 0.1) is 11.3 Å². The van der Waals surface area contributed by atoms with E-state index in [0.29, 0.717) is 30.9 Å². The van der Waals surface area contributed by atoms with Gasteiger partial charge in [-0.3, -0.25) is 15.0 Å². The van der Waals surface area contributed by atoms with Crippen LogP contribution in [-0.2, 0) is 9.59 Å². The van der Waals surface area contributed by atoms with Gasteiger partial charge in [0.05, 0.1) is 18.4 Å². The maximum Gasteiger partial charge on any atom is 0.304 e. The van der Waals surface area contributed by atoms with E-state index in [2.05, 4.69) is 0 Å². The molecular weight excluding hydrogens is 426 g/mol. The summed E-state index contributed by atoms with van der Waals surface area (Å²) in [6.07, 6.45) is 3.28. The van der Waals surface area contributed by atoms with Crippen molar-refractivity contribution in [3.05, 3.63) is 54.1 Å². The number of carboxylic acid groups (broad SMARTS) is 1. The van der Waals surface area contributed by atoms with Crippen molar-refractivity contribution in [2.75, 3.05) is 25.2 Å². The lowest BCUT2D eigenvalue weighted by Gasteiger charge is -2.25. The molecule has 1 fully saturated rings. The van der Waals surface area contributed by atoms with E-state index in [1.54, 1.807) is 16.7 Å². The lowest BCUT2D eigenvalue weighted by Crippen LogP contribution is -2.38. The highest BCUT2D eigenvalue weighted by Crippen LogP contribution is 2.29. The van der Waals surface area contributed by atoms with Crippen LogP contribution in [0.2, 0.25) is 0 Å². The molecule has 0 spiro atoms. The lowest BCUT2D eigenvalue weighted by molar-refractivity contribution is -0.142. The van der Waals surface area contributed by atoms with Crippen molar-refractivity contribution in [2.24, 2.45) is 11.7 Å². The molecule has 2 atom stereocenters. The molecule has 1 aliphatic heterocycles. The maximum absolute atomic E-state index is 12.7. The molecule has 1 amide bonds. The first-order valence-corrected chi connectivity index (χ1v) is 12.0. The first-order chi connectivity index (χ1) is 15.4. The first-order valence-electron chi connectivity index (χ1n) is 10.6. The van der Waals surface area contributed by atoms with Gasteiger partial charge in [-0.25, -0.2) is 0 Å². The molecule has 1 saturated heterocycles. The number of amides is 1. The molecule has 2 aromatic rings. The summed E-state index contributed by atoms with van der Waals surface area (Å²) in [6, 6.07) is 15.1. The third-order valence-corrected chi connectivity index (χ3v) is 6.32. The van der Waals surface area contributed by atoms with Gasteiger partial charge in [0.1, 0.15) is 18.2 Å². The van der Waals surface area contributed by atoms with Gasteiger partial charge in [0.2, 0.25) is 5.91 Å². The number of nitrogens with two attached hydrogens (primary N) is 1. The normalized spacial score (nSPS) is 18.0. The van der Waals surface area contributed by atoms with Crippen LogP contribution in [0.4, 0.5) is 0 Å². The minimum atomic E-state index is -0.944. The summed E-state index contributed by atoms with van der Waals surface area (Å²) in [6.45, 7) is 0.965. The van der Waals surface area contributed by atoms with Crippen LogP contribution in [0.5, 0.6) is 5.75 Å². The van der Waals surface area contributed by atoms with E-state index in [4.69, 9.17) is 21.0 Å². The number of carboxylic acids is 1. The second-order valence-corrected chi connectivity index (χ2v) is 8.87. The molecule has 32 heavy (non-hydrogen) atoms. The van der Waals surface area contributed by atoms with Gasteiger partial charge < -0.3 is 20.5 Å². The topological polar surface area (TPSA) is 117 Å². The van der Waals surface area contributed by atoms with Gasteiger partial charge in [-0.15, -0.1) is 0 Å². The van der Waals surface area contributed by atoms with Gasteiger partial charge in [0.15, 0.2) is 0 Å². The number of hydrogen-bond acceptors (Lipinski definition) is 5. The zero-order valence-corrected chi connectivity index (χ0v) is 18.9. The fraction of sp³-hybridized carbons (Fsp3) is 0.375. The molecule has 0 aliphatic carbocycles. The Bertz CT molecular complexity index is 947. The third kappa shape index (κ3) is 6.03. The van der Waals surface area contributed by atoms with E-state index in [1.807, 2.05) is 54.8 Å². The summed E-state index contributed by atoms with van der Waals surface area (Å²) in [5.74, 6) is 0.199. The van der Waals surface area contributed by atoms with Crippen molar-refractivity contribution in [1.29, 1.82) is 5.41 Å². The second-order valence-electron chi connectivity index (χ2n) is 7.89. The van der Waals surface area contributed by atoms with Crippen molar-refractivity contribution in [2.45, 2.75) is 25.3 Å². The monoisotopic (exact) mass is 455 g/mol. The lowest BCUT2D eigenvalue weighted by atomic mass is 10.0. The summed E-state index contributed by atoms with van der Waals surface area (Å²) in [5.41, 5.74) is 8.22. The fourth-order valence-corrected chi connectivity index (χ4v) is 4.38. The molecule has 8 heteroatoms. The molecule has 0 bridgehead atoms. The van der Waals surface area contributed by atoms with Crippen LogP contribution in [0.3, 0.4) is 0 Å². The van der Waals surface area contributed by atoms with Gasteiger partial charge in [0, 0.05) is 12.1 Å². The van der Waals surface area contributed by atoms with Crippen LogP contribution in [0.1, 0.15) is 24.8 Å². The number of nitrogens with one attached hydrogen (secondary N) is 1. The zero-order chi connectivity index (χ0) is 23.1. The first kappa shape index (κ1) is 23.7. The molecule has 2 aromatic carbocycles.